The lowest BCUT2D eigenvalue weighted by Gasteiger charge is -2.05. The Bertz CT molecular complexity index is 766. The zero-order valence-corrected chi connectivity index (χ0v) is 13.3. The lowest BCUT2D eigenvalue weighted by Crippen LogP contribution is -2.24. The number of aryl methyl sites for hydroxylation is 1. The van der Waals surface area contributed by atoms with Gasteiger partial charge in [0.15, 0.2) is 5.78 Å². The van der Waals surface area contributed by atoms with Crippen molar-refractivity contribution in [3.8, 4) is 0 Å². The lowest BCUT2D eigenvalue weighted by molar-refractivity contribution is 0.0994. The van der Waals surface area contributed by atoms with E-state index in [0.29, 0.717) is 13.0 Å². The van der Waals surface area contributed by atoms with Crippen molar-refractivity contribution in [3.63, 3.8) is 0 Å². The normalized spacial score (nSPS) is 13.1. The van der Waals surface area contributed by atoms with E-state index in [1.54, 1.807) is 0 Å². The van der Waals surface area contributed by atoms with Gasteiger partial charge < -0.3 is 10.1 Å². The Labute approximate surface area is 141 Å². The van der Waals surface area contributed by atoms with E-state index in [0.717, 1.165) is 28.7 Å². The number of carbonyl (C=O) groups excluding carboxylic acids is 2. The van der Waals surface area contributed by atoms with E-state index in [9.17, 15) is 9.59 Å². The van der Waals surface area contributed by atoms with Gasteiger partial charge in [-0.15, -0.1) is 0 Å². The smallest absolute Gasteiger partial charge is 0.407 e. The van der Waals surface area contributed by atoms with Crippen molar-refractivity contribution >= 4 is 18.0 Å². The Morgan fingerprint density at radius 2 is 1.96 bits per heavy atom. The van der Waals surface area contributed by atoms with Crippen LogP contribution in [0.1, 0.15) is 33.5 Å². The number of hydrogen-bond donors (Lipinski definition) is 1. The second-order valence-electron chi connectivity index (χ2n) is 5.68. The average Bonchev–Trinajstić information content (AvgIpc) is 2.98. The highest BCUT2D eigenvalue weighted by molar-refractivity contribution is 6.00. The van der Waals surface area contributed by atoms with E-state index in [2.05, 4.69) is 5.32 Å². The maximum atomic E-state index is 11.7. The van der Waals surface area contributed by atoms with Crippen molar-refractivity contribution in [1.82, 2.24) is 5.32 Å². The number of alkyl carbamates (subject to hydrolysis) is 1. The monoisotopic (exact) mass is 321 g/mol. The number of benzene rings is 2. The van der Waals surface area contributed by atoms with Gasteiger partial charge in [-0.1, -0.05) is 54.6 Å². The molecule has 1 N–H and O–H groups in total. The Morgan fingerprint density at radius 3 is 2.79 bits per heavy atom. The summed E-state index contributed by atoms with van der Waals surface area (Å²) < 4.78 is 5.13. The Hall–Kier alpha value is -2.88. The first-order valence-electron chi connectivity index (χ1n) is 7.99. The van der Waals surface area contributed by atoms with Crippen LogP contribution in [0.15, 0.2) is 54.6 Å². The molecule has 0 saturated carbocycles. The van der Waals surface area contributed by atoms with E-state index in [1.807, 2.05) is 60.7 Å². The summed E-state index contributed by atoms with van der Waals surface area (Å²) in [7, 11) is 0. The first-order valence-corrected chi connectivity index (χ1v) is 7.99. The highest BCUT2D eigenvalue weighted by atomic mass is 16.5. The van der Waals surface area contributed by atoms with Crippen molar-refractivity contribution in [1.29, 1.82) is 0 Å². The molecule has 122 valence electrons. The minimum Gasteiger partial charge on any atom is -0.445 e. The van der Waals surface area contributed by atoms with Gasteiger partial charge in [0, 0.05) is 18.5 Å². The van der Waals surface area contributed by atoms with Gasteiger partial charge in [0.1, 0.15) is 6.61 Å². The quantitative estimate of drug-likeness (QED) is 0.912. The Balaban J connectivity index is 1.44. The molecular formula is C20H19NO3. The van der Waals surface area contributed by atoms with Crippen LogP contribution in [-0.4, -0.2) is 18.4 Å². The Kier molecular flexibility index (Phi) is 5.06. The number of ketones is 1. The molecule has 0 aliphatic heterocycles. The number of hydrogen-bond acceptors (Lipinski definition) is 3. The number of amides is 1. The minimum absolute atomic E-state index is 0.211. The third kappa shape index (κ3) is 4.10. The van der Waals surface area contributed by atoms with Gasteiger partial charge >= 0.3 is 6.09 Å². The highest BCUT2D eigenvalue weighted by Crippen LogP contribution is 2.23. The van der Waals surface area contributed by atoms with Crippen molar-refractivity contribution in [3.05, 3.63) is 76.9 Å². The van der Waals surface area contributed by atoms with Gasteiger partial charge in [-0.3, -0.25) is 4.79 Å². The molecule has 0 heterocycles. The average molecular weight is 321 g/mol. The lowest BCUT2D eigenvalue weighted by atomic mass is 10.1. The largest absolute Gasteiger partial charge is 0.445 e. The number of fused-ring (bicyclic) bond motifs is 1. The van der Waals surface area contributed by atoms with Crippen LogP contribution in [0.3, 0.4) is 0 Å². The molecule has 1 aliphatic rings. The predicted molar refractivity (Wildman–Crippen MR) is 92.8 cm³/mol. The zero-order chi connectivity index (χ0) is 16.8. The summed E-state index contributed by atoms with van der Waals surface area (Å²) >= 11 is 0. The maximum Gasteiger partial charge on any atom is 0.407 e. The fourth-order valence-corrected chi connectivity index (χ4v) is 2.67. The van der Waals surface area contributed by atoms with Crippen molar-refractivity contribution in [2.24, 2.45) is 0 Å². The van der Waals surface area contributed by atoms with Crippen LogP contribution in [0, 0.1) is 0 Å². The number of nitrogens with one attached hydrogen (secondary N) is 1. The molecule has 0 radical (unpaired) electrons. The highest BCUT2D eigenvalue weighted by Gasteiger charge is 2.18. The fourth-order valence-electron chi connectivity index (χ4n) is 2.67. The predicted octanol–water partition coefficient (Wildman–Crippen LogP) is 3.76. The first-order chi connectivity index (χ1) is 11.7. The molecule has 0 atom stereocenters. The minimum atomic E-state index is -0.451. The van der Waals surface area contributed by atoms with Crippen LogP contribution < -0.4 is 5.32 Å². The molecule has 4 nitrogen and oxygen atoms in total. The molecule has 0 spiro atoms. The topological polar surface area (TPSA) is 55.4 Å². The van der Waals surface area contributed by atoms with Crippen LogP contribution >= 0.6 is 0 Å². The second-order valence-corrected chi connectivity index (χ2v) is 5.68. The maximum absolute atomic E-state index is 11.7. The third-order valence-electron chi connectivity index (χ3n) is 3.94. The van der Waals surface area contributed by atoms with E-state index in [-0.39, 0.29) is 12.4 Å². The van der Waals surface area contributed by atoms with Crippen molar-refractivity contribution in [2.75, 3.05) is 6.54 Å². The SMILES string of the molecule is O=C(NCC=Cc1ccc2c(c1)C(=O)CC2)OCc1ccccc1. The number of carbonyl (C=O) groups is 2. The second kappa shape index (κ2) is 7.59. The molecule has 0 saturated heterocycles. The molecule has 0 fully saturated rings. The molecule has 2 aromatic rings. The molecule has 2 aromatic carbocycles. The molecule has 0 bridgehead atoms. The third-order valence-corrected chi connectivity index (χ3v) is 3.94. The van der Waals surface area contributed by atoms with Crippen LogP contribution in [0.4, 0.5) is 4.79 Å². The van der Waals surface area contributed by atoms with Gasteiger partial charge in [-0.25, -0.2) is 4.79 Å². The van der Waals surface area contributed by atoms with Crippen molar-refractivity contribution < 1.29 is 14.3 Å². The van der Waals surface area contributed by atoms with E-state index >= 15 is 0 Å². The van der Waals surface area contributed by atoms with Gasteiger partial charge in [0.05, 0.1) is 0 Å². The summed E-state index contributed by atoms with van der Waals surface area (Å²) in [5.41, 5.74) is 3.86. The van der Waals surface area contributed by atoms with E-state index in [1.165, 1.54) is 0 Å². The van der Waals surface area contributed by atoms with Gasteiger partial charge in [-0.2, -0.15) is 0 Å². The van der Waals surface area contributed by atoms with Gasteiger partial charge in [0.25, 0.3) is 0 Å². The molecule has 1 amide bonds. The summed E-state index contributed by atoms with van der Waals surface area (Å²) in [5.74, 6) is 0.211. The molecule has 1 aliphatic carbocycles. The number of rotatable bonds is 5. The van der Waals surface area contributed by atoms with Gasteiger partial charge in [-0.05, 0) is 29.2 Å². The molecule has 0 unspecified atom stereocenters. The molecule has 24 heavy (non-hydrogen) atoms. The number of Topliss-reactive ketones (excluding diaryl/α,β-unsaturated/α-hetero) is 1. The summed E-state index contributed by atoms with van der Waals surface area (Å²) in [6, 6.07) is 15.4. The fraction of sp³-hybridized carbons (Fsp3) is 0.200. The summed E-state index contributed by atoms with van der Waals surface area (Å²) in [6.45, 7) is 0.627. The summed E-state index contributed by atoms with van der Waals surface area (Å²) in [6.07, 6.45) is 4.73. The summed E-state index contributed by atoms with van der Waals surface area (Å²) in [5, 5.41) is 2.67. The standard InChI is InChI=1S/C20H19NO3/c22-19-11-10-17-9-8-15(13-18(17)19)7-4-12-21-20(23)24-14-16-5-2-1-3-6-16/h1-9,13H,10-12,14H2,(H,21,23). The van der Waals surface area contributed by atoms with Crippen LogP contribution in [0.25, 0.3) is 6.08 Å². The van der Waals surface area contributed by atoms with E-state index < -0.39 is 6.09 Å². The molecule has 3 rings (SSSR count). The summed E-state index contributed by atoms with van der Waals surface area (Å²) in [4.78, 5) is 23.3. The van der Waals surface area contributed by atoms with Crippen LogP contribution in [0.5, 0.6) is 0 Å². The molecule has 0 aromatic heterocycles. The zero-order valence-electron chi connectivity index (χ0n) is 13.3. The van der Waals surface area contributed by atoms with E-state index in [4.69, 9.17) is 4.74 Å². The first kappa shape index (κ1) is 16.0. The van der Waals surface area contributed by atoms with Gasteiger partial charge in [0.2, 0.25) is 0 Å². The Morgan fingerprint density at radius 1 is 1.12 bits per heavy atom. The van der Waals surface area contributed by atoms with Crippen molar-refractivity contribution in [2.45, 2.75) is 19.4 Å². The van der Waals surface area contributed by atoms with Crippen LogP contribution in [-0.2, 0) is 17.8 Å². The van der Waals surface area contributed by atoms with Crippen LogP contribution in [0.2, 0.25) is 0 Å². The molecular weight excluding hydrogens is 302 g/mol. The molecule has 4 heteroatoms. The number of ether oxygens (including phenoxy) is 1.